The van der Waals surface area contributed by atoms with Crippen LogP contribution in [0.25, 0.3) is 0 Å². The molecule has 0 bridgehead atoms. The lowest BCUT2D eigenvalue weighted by atomic mass is 10.1. The van der Waals surface area contributed by atoms with Gasteiger partial charge in [0.15, 0.2) is 0 Å². The molecule has 0 aromatic carbocycles. The molecular formula is C21H38O4. The summed E-state index contributed by atoms with van der Waals surface area (Å²) in [5, 5.41) is 8.58. The molecule has 1 aliphatic rings. The van der Waals surface area contributed by atoms with Gasteiger partial charge >= 0.3 is 5.97 Å². The normalized spacial score (nSPS) is 17.9. The minimum absolute atomic E-state index is 0.311. The fraction of sp³-hybridized carbons (Fsp3) is 0.857. The van der Waals surface area contributed by atoms with Crippen molar-refractivity contribution in [1.82, 2.24) is 0 Å². The molecule has 146 valence electrons. The average molecular weight is 355 g/mol. The summed E-state index contributed by atoms with van der Waals surface area (Å²) in [5.74, 6) is -0.678. The van der Waals surface area contributed by atoms with E-state index in [0.717, 1.165) is 51.7 Å². The number of carboxylic acids is 1. The molecule has 1 saturated heterocycles. The highest BCUT2D eigenvalue weighted by atomic mass is 16.6. The maximum Gasteiger partial charge on any atom is 0.303 e. The molecule has 4 heteroatoms. The first kappa shape index (κ1) is 22.2. The third-order valence-corrected chi connectivity index (χ3v) is 4.63. The van der Waals surface area contributed by atoms with Crippen LogP contribution in [-0.2, 0) is 14.3 Å². The van der Waals surface area contributed by atoms with Crippen molar-refractivity contribution in [2.45, 2.75) is 103 Å². The molecular weight excluding hydrogens is 316 g/mol. The fourth-order valence-electron chi connectivity index (χ4n) is 2.91. The van der Waals surface area contributed by atoms with Gasteiger partial charge in [-0.25, -0.2) is 0 Å². The third kappa shape index (κ3) is 15.1. The topological polar surface area (TPSA) is 59.1 Å². The van der Waals surface area contributed by atoms with E-state index in [1.54, 1.807) is 0 Å². The zero-order valence-corrected chi connectivity index (χ0v) is 16.1. The van der Waals surface area contributed by atoms with Crippen LogP contribution >= 0.6 is 0 Å². The smallest absolute Gasteiger partial charge is 0.303 e. The highest BCUT2D eigenvalue weighted by Gasteiger charge is 2.23. The second-order valence-electron chi connectivity index (χ2n) is 7.17. The van der Waals surface area contributed by atoms with E-state index in [4.69, 9.17) is 14.6 Å². The molecule has 1 aliphatic heterocycles. The number of unbranched alkanes of at least 4 members (excludes halogenated alkanes) is 8. The first-order valence-corrected chi connectivity index (χ1v) is 10.3. The summed E-state index contributed by atoms with van der Waals surface area (Å²) in [5.41, 5.74) is 0. The second kappa shape index (κ2) is 15.4. The van der Waals surface area contributed by atoms with Crippen molar-refractivity contribution < 1.29 is 19.4 Å². The van der Waals surface area contributed by atoms with Crippen LogP contribution in [0.1, 0.15) is 90.4 Å². The molecule has 0 spiro atoms. The van der Waals surface area contributed by atoms with Crippen LogP contribution in [0.3, 0.4) is 0 Å². The van der Waals surface area contributed by atoms with Crippen LogP contribution in [0.2, 0.25) is 0 Å². The first-order chi connectivity index (χ1) is 12.2. The Hall–Kier alpha value is -0.870. The molecule has 0 amide bonds. The summed E-state index contributed by atoms with van der Waals surface area (Å²) < 4.78 is 11.3. The first-order valence-electron chi connectivity index (χ1n) is 10.3. The molecule has 1 rings (SSSR count). The number of allylic oxidation sites excluding steroid dienone is 1. The van der Waals surface area contributed by atoms with Gasteiger partial charge in [-0.1, -0.05) is 64.0 Å². The van der Waals surface area contributed by atoms with Gasteiger partial charge < -0.3 is 14.6 Å². The van der Waals surface area contributed by atoms with Crippen molar-refractivity contribution in [1.29, 1.82) is 0 Å². The number of rotatable bonds is 18. The number of aliphatic carboxylic acids is 1. The molecule has 1 heterocycles. The zero-order chi connectivity index (χ0) is 18.2. The molecule has 1 N–H and O–H groups in total. The lowest BCUT2D eigenvalue weighted by molar-refractivity contribution is -0.137. The molecule has 25 heavy (non-hydrogen) atoms. The van der Waals surface area contributed by atoms with Gasteiger partial charge in [-0.05, 0) is 32.1 Å². The van der Waals surface area contributed by atoms with E-state index >= 15 is 0 Å². The molecule has 0 aromatic rings. The molecule has 1 unspecified atom stereocenters. The third-order valence-electron chi connectivity index (χ3n) is 4.63. The van der Waals surface area contributed by atoms with Crippen molar-refractivity contribution in [2.75, 3.05) is 13.2 Å². The van der Waals surface area contributed by atoms with Gasteiger partial charge in [0, 0.05) is 6.42 Å². The van der Waals surface area contributed by atoms with Crippen LogP contribution in [0.4, 0.5) is 0 Å². The van der Waals surface area contributed by atoms with Crippen LogP contribution in [0.5, 0.6) is 0 Å². The fourth-order valence-corrected chi connectivity index (χ4v) is 2.91. The predicted octanol–water partition coefficient (Wildman–Crippen LogP) is 5.50. The maximum absolute atomic E-state index is 10.4. The lowest BCUT2D eigenvalue weighted by Gasteiger charge is -2.15. The Balaban J connectivity index is 2.01. The van der Waals surface area contributed by atoms with Crippen molar-refractivity contribution in [2.24, 2.45) is 0 Å². The van der Waals surface area contributed by atoms with E-state index < -0.39 is 5.97 Å². The summed E-state index contributed by atoms with van der Waals surface area (Å²) in [4.78, 5) is 10.4. The van der Waals surface area contributed by atoms with Crippen LogP contribution < -0.4 is 0 Å². The summed E-state index contributed by atoms with van der Waals surface area (Å²) in [7, 11) is 0. The highest BCUT2D eigenvalue weighted by Crippen LogP contribution is 2.16. The Morgan fingerprint density at radius 1 is 1.12 bits per heavy atom. The Kier molecular flexibility index (Phi) is 13.6. The van der Waals surface area contributed by atoms with Crippen molar-refractivity contribution in [3.63, 3.8) is 0 Å². The van der Waals surface area contributed by atoms with Gasteiger partial charge in [-0.3, -0.25) is 4.79 Å². The van der Waals surface area contributed by atoms with Crippen molar-refractivity contribution >= 4 is 5.97 Å². The van der Waals surface area contributed by atoms with E-state index in [-0.39, 0.29) is 0 Å². The number of carbonyl (C=O) groups is 1. The van der Waals surface area contributed by atoms with Gasteiger partial charge in [0.2, 0.25) is 0 Å². The minimum atomic E-state index is -0.678. The van der Waals surface area contributed by atoms with Gasteiger partial charge in [0.1, 0.15) is 6.10 Å². The Morgan fingerprint density at radius 3 is 2.56 bits per heavy atom. The largest absolute Gasteiger partial charge is 0.481 e. The van der Waals surface area contributed by atoms with Gasteiger partial charge in [-0.2, -0.15) is 0 Å². The maximum atomic E-state index is 10.4. The summed E-state index contributed by atoms with van der Waals surface area (Å²) in [6.07, 6.45) is 19.4. The summed E-state index contributed by atoms with van der Waals surface area (Å²) in [6, 6.07) is 0. The quantitative estimate of drug-likeness (QED) is 0.200. The predicted molar refractivity (Wildman–Crippen MR) is 102 cm³/mol. The summed E-state index contributed by atoms with van der Waals surface area (Å²) >= 11 is 0. The minimum Gasteiger partial charge on any atom is -0.481 e. The Bertz CT molecular complexity index is 350. The Labute approximate surface area is 154 Å². The van der Waals surface area contributed by atoms with E-state index in [0.29, 0.717) is 18.6 Å². The zero-order valence-electron chi connectivity index (χ0n) is 16.1. The van der Waals surface area contributed by atoms with Crippen molar-refractivity contribution in [3.05, 3.63) is 12.2 Å². The molecule has 0 aliphatic carbocycles. The molecule has 2 atom stereocenters. The van der Waals surface area contributed by atoms with E-state index in [1.807, 2.05) is 0 Å². The van der Waals surface area contributed by atoms with Crippen LogP contribution in [0, 0.1) is 0 Å². The van der Waals surface area contributed by atoms with E-state index in [1.165, 1.54) is 38.5 Å². The molecule has 1 fully saturated rings. The number of epoxide rings is 1. The highest BCUT2D eigenvalue weighted by molar-refractivity contribution is 5.66. The number of hydrogen-bond donors (Lipinski definition) is 1. The molecule has 4 nitrogen and oxygen atoms in total. The number of carboxylic acid groups (broad SMARTS) is 1. The summed E-state index contributed by atoms with van der Waals surface area (Å²) in [6.45, 7) is 3.86. The number of ether oxygens (including phenoxy) is 2. The standard InChI is InChI=1S/C21H38O4/c1-2-3-4-11-14-19(24-17-20-18-25-20)15-12-9-7-5-6-8-10-13-16-21(22)23/h9,12,19-20H,2-8,10-11,13-18H2,1H3,(H,22,23)/b12-9-/t19-,20?/m1/s1. The SMILES string of the molecule is CCCCCC[C@H](C/C=C\CCCCCCCC(=O)O)OCC1CO1. The van der Waals surface area contributed by atoms with E-state index in [2.05, 4.69) is 19.1 Å². The van der Waals surface area contributed by atoms with Crippen LogP contribution in [0.15, 0.2) is 12.2 Å². The average Bonchev–Trinajstić information content (AvgIpc) is 3.41. The molecule has 0 aromatic heterocycles. The van der Waals surface area contributed by atoms with Gasteiger partial charge in [-0.15, -0.1) is 0 Å². The van der Waals surface area contributed by atoms with Crippen LogP contribution in [-0.4, -0.2) is 36.5 Å². The van der Waals surface area contributed by atoms with Gasteiger partial charge in [0.05, 0.1) is 19.3 Å². The van der Waals surface area contributed by atoms with Crippen molar-refractivity contribution in [3.8, 4) is 0 Å². The lowest BCUT2D eigenvalue weighted by Crippen LogP contribution is -2.15. The monoisotopic (exact) mass is 354 g/mol. The second-order valence-corrected chi connectivity index (χ2v) is 7.17. The molecule has 0 saturated carbocycles. The molecule has 0 radical (unpaired) electrons. The van der Waals surface area contributed by atoms with E-state index in [9.17, 15) is 4.79 Å². The number of hydrogen-bond acceptors (Lipinski definition) is 3. The van der Waals surface area contributed by atoms with Gasteiger partial charge in [0.25, 0.3) is 0 Å². The Morgan fingerprint density at radius 2 is 1.84 bits per heavy atom.